The molecule has 0 saturated carbocycles. The van der Waals surface area contributed by atoms with Crippen molar-refractivity contribution in [3.05, 3.63) is 97.0 Å². The lowest BCUT2D eigenvalue weighted by atomic mass is 10.1. The Bertz CT molecular complexity index is 1540. The van der Waals surface area contributed by atoms with Gasteiger partial charge < -0.3 is 10.6 Å². The summed E-state index contributed by atoms with van der Waals surface area (Å²) in [4.78, 5) is 51.4. The molecule has 2 N–H and O–H groups in total. The van der Waals surface area contributed by atoms with E-state index < -0.39 is 11.2 Å². The standard InChI is InChI=1S/C26H25ClN4O4S/c1-2-17-6-5-8-19(14-17)29-23(33)16-31-21-11-13-36-24(21)25(34)30(26(31)35)12-10-22(32)28-15-18-7-3-4-9-20(18)27/h3-9,11,13-14H,2,10,12,15-16H2,1H3,(H,28,32)(H,29,33). The molecule has 2 heterocycles. The molecule has 2 aromatic carbocycles. The topological polar surface area (TPSA) is 102 Å². The fourth-order valence-electron chi connectivity index (χ4n) is 3.83. The van der Waals surface area contributed by atoms with Crippen LogP contribution in [-0.4, -0.2) is 20.9 Å². The zero-order valence-electron chi connectivity index (χ0n) is 19.6. The number of hydrogen-bond acceptors (Lipinski definition) is 5. The van der Waals surface area contributed by atoms with Gasteiger partial charge in [-0.3, -0.25) is 23.5 Å². The van der Waals surface area contributed by atoms with Crippen molar-refractivity contribution in [1.82, 2.24) is 14.5 Å². The highest BCUT2D eigenvalue weighted by Crippen LogP contribution is 2.17. The summed E-state index contributed by atoms with van der Waals surface area (Å²) in [6, 6.07) is 16.3. The van der Waals surface area contributed by atoms with Crippen LogP contribution in [0.2, 0.25) is 5.02 Å². The van der Waals surface area contributed by atoms with Crippen LogP contribution in [0.5, 0.6) is 0 Å². The summed E-state index contributed by atoms with van der Waals surface area (Å²) in [5, 5.41) is 7.81. The Balaban J connectivity index is 1.50. The van der Waals surface area contributed by atoms with Gasteiger partial charge in [0.2, 0.25) is 11.8 Å². The van der Waals surface area contributed by atoms with Gasteiger partial charge in [0.15, 0.2) is 0 Å². The Hall–Kier alpha value is -3.69. The minimum Gasteiger partial charge on any atom is -0.352 e. The third kappa shape index (κ3) is 5.75. The highest BCUT2D eigenvalue weighted by atomic mass is 35.5. The second kappa shape index (κ2) is 11.4. The zero-order valence-corrected chi connectivity index (χ0v) is 21.2. The number of nitrogens with zero attached hydrogens (tertiary/aromatic N) is 2. The van der Waals surface area contributed by atoms with Crippen molar-refractivity contribution in [2.75, 3.05) is 5.32 Å². The third-order valence-electron chi connectivity index (χ3n) is 5.75. The smallest absolute Gasteiger partial charge is 0.332 e. The number of hydrogen-bond donors (Lipinski definition) is 2. The number of aromatic nitrogens is 2. The molecular weight excluding hydrogens is 500 g/mol. The first-order chi connectivity index (χ1) is 17.4. The molecule has 0 aliphatic carbocycles. The van der Waals surface area contributed by atoms with Crippen LogP contribution in [0.15, 0.2) is 69.6 Å². The number of rotatable bonds is 9. The summed E-state index contributed by atoms with van der Waals surface area (Å²) in [5.74, 6) is -0.715. The van der Waals surface area contributed by atoms with Crippen molar-refractivity contribution >= 4 is 50.7 Å². The van der Waals surface area contributed by atoms with Gasteiger partial charge in [0.25, 0.3) is 5.56 Å². The fourth-order valence-corrected chi connectivity index (χ4v) is 4.88. The summed E-state index contributed by atoms with van der Waals surface area (Å²) in [6.45, 7) is 1.89. The Morgan fingerprint density at radius 1 is 1.00 bits per heavy atom. The molecule has 4 rings (SSSR count). The Morgan fingerprint density at radius 3 is 2.58 bits per heavy atom. The van der Waals surface area contributed by atoms with Gasteiger partial charge in [-0.1, -0.05) is 48.9 Å². The summed E-state index contributed by atoms with van der Waals surface area (Å²) in [7, 11) is 0. The zero-order chi connectivity index (χ0) is 25.7. The quantitative estimate of drug-likeness (QED) is 0.348. The minimum atomic E-state index is -0.637. The third-order valence-corrected chi connectivity index (χ3v) is 7.01. The monoisotopic (exact) mass is 524 g/mol. The maximum Gasteiger partial charge on any atom is 0.332 e. The van der Waals surface area contributed by atoms with E-state index in [1.165, 1.54) is 15.9 Å². The molecule has 186 valence electrons. The first-order valence-corrected chi connectivity index (χ1v) is 12.7. The van der Waals surface area contributed by atoms with E-state index in [1.807, 2.05) is 31.2 Å². The van der Waals surface area contributed by atoms with Gasteiger partial charge in [-0.05, 0) is 47.2 Å². The van der Waals surface area contributed by atoms with Gasteiger partial charge in [-0.15, -0.1) is 11.3 Å². The average molecular weight is 525 g/mol. The summed E-state index contributed by atoms with van der Waals surface area (Å²) >= 11 is 7.31. The molecule has 0 unspecified atom stereocenters. The van der Waals surface area contributed by atoms with Crippen LogP contribution >= 0.6 is 22.9 Å². The molecule has 0 aliphatic heterocycles. The van der Waals surface area contributed by atoms with Crippen molar-refractivity contribution in [2.45, 2.75) is 39.4 Å². The number of thiophene rings is 1. The maximum atomic E-state index is 13.2. The van der Waals surface area contributed by atoms with E-state index in [9.17, 15) is 19.2 Å². The number of carbonyl (C=O) groups excluding carboxylic acids is 2. The summed E-state index contributed by atoms with van der Waals surface area (Å²) < 4.78 is 2.64. The lowest BCUT2D eigenvalue weighted by Crippen LogP contribution is -2.42. The van der Waals surface area contributed by atoms with Gasteiger partial charge in [-0.2, -0.15) is 0 Å². The van der Waals surface area contributed by atoms with E-state index in [-0.39, 0.29) is 37.9 Å². The Labute approximate surface area is 216 Å². The molecule has 10 heteroatoms. The number of halogens is 1. The molecule has 2 amide bonds. The first-order valence-electron chi connectivity index (χ1n) is 11.5. The molecule has 2 aromatic heterocycles. The van der Waals surface area contributed by atoms with Crippen molar-refractivity contribution < 1.29 is 9.59 Å². The Kier molecular flexibility index (Phi) is 8.02. The van der Waals surface area contributed by atoms with Crippen molar-refractivity contribution in [3.63, 3.8) is 0 Å². The van der Waals surface area contributed by atoms with Crippen LogP contribution in [0.25, 0.3) is 10.2 Å². The average Bonchev–Trinajstić information content (AvgIpc) is 3.36. The van der Waals surface area contributed by atoms with Crippen LogP contribution in [0.4, 0.5) is 5.69 Å². The summed E-state index contributed by atoms with van der Waals surface area (Å²) in [6.07, 6.45) is 0.752. The molecular formula is C26H25ClN4O4S. The molecule has 0 saturated heterocycles. The number of carbonyl (C=O) groups is 2. The fraction of sp³-hybridized carbons (Fsp3) is 0.231. The van der Waals surface area contributed by atoms with Crippen LogP contribution in [0.3, 0.4) is 0 Å². The SMILES string of the molecule is CCc1cccc(NC(=O)Cn2c(=O)n(CCC(=O)NCc3ccccc3Cl)c(=O)c3sccc32)c1. The minimum absolute atomic E-state index is 0.0769. The second-order valence-corrected chi connectivity index (χ2v) is 9.50. The van der Waals surface area contributed by atoms with Crippen molar-refractivity contribution in [1.29, 1.82) is 0 Å². The van der Waals surface area contributed by atoms with Crippen LogP contribution < -0.4 is 21.9 Å². The molecule has 0 spiro atoms. The number of anilines is 1. The van der Waals surface area contributed by atoms with E-state index in [4.69, 9.17) is 11.6 Å². The number of fused-ring (bicyclic) bond motifs is 1. The molecule has 0 bridgehead atoms. The van der Waals surface area contributed by atoms with Gasteiger partial charge in [0, 0.05) is 30.2 Å². The lowest BCUT2D eigenvalue weighted by molar-refractivity contribution is -0.121. The predicted molar refractivity (Wildman–Crippen MR) is 143 cm³/mol. The van der Waals surface area contributed by atoms with Crippen molar-refractivity contribution in [2.24, 2.45) is 0 Å². The maximum absolute atomic E-state index is 13.2. The van der Waals surface area contributed by atoms with E-state index in [0.29, 0.717) is 20.9 Å². The van der Waals surface area contributed by atoms with Gasteiger partial charge in [0.05, 0.1) is 5.52 Å². The van der Waals surface area contributed by atoms with E-state index in [2.05, 4.69) is 10.6 Å². The normalized spacial score (nSPS) is 10.9. The Morgan fingerprint density at radius 2 is 1.81 bits per heavy atom. The van der Waals surface area contributed by atoms with Crippen LogP contribution in [0.1, 0.15) is 24.5 Å². The molecule has 0 aliphatic rings. The van der Waals surface area contributed by atoms with E-state index in [0.717, 1.165) is 22.1 Å². The number of benzene rings is 2. The van der Waals surface area contributed by atoms with Crippen molar-refractivity contribution in [3.8, 4) is 0 Å². The number of amides is 2. The molecule has 0 fully saturated rings. The lowest BCUT2D eigenvalue weighted by Gasteiger charge is -2.13. The second-order valence-electron chi connectivity index (χ2n) is 8.18. The van der Waals surface area contributed by atoms with E-state index in [1.54, 1.807) is 35.7 Å². The summed E-state index contributed by atoms with van der Waals surface area (Å²) in [5.41, 5.74) is 1.76. The molecule has 8 nitrogen and oxygen atoms in total. The highest BCUT2D eigenvalue weighted by Gasteiger charge is 2.17. The number of aryl methyl sites for hydroxylation is 1. The largest absolute Gasteiger partial charge is 0.352 e. The molecule has 36 heavy (non-hydrogen) atoms. The van der Waals surface area contributed by atoms with Gasteiger partial charge in [0.1, 0.15) is 11.2 Å². The van der Waals surface area contributed by atoms with Gasteiger partial charge in [-0.25, -0.2) is 4.79 Å². The molecule has 4 aromatic rings. The van der Waals surface area contributed by atoms with Gasteiger partial charge >= 0.3 is 5.69 Å². The first kappa shape index (κ1) is 25.4. The molecule has 0 atom stereocenters. The van der Waals surface area contributed by atoms with E-state index >= 15 is 0 Å². The predicted octanol–water partition coefficient (Wildman–Crippen LogP) is 3.79. The highest BCUT2D eigenvalue weighted by molar-refractivity contribution is 7.17. The molecule has 0 radical (unpaired) electrons. The van der Waals surface area contributed by atoms with Crippen LogP contribution in [0, 0.1) is 0 Å². The number of nitrogens with one attached hydrogen (secondary N) is 2. The van der Waals surface area contributed by atoms with Crippen LogP contribution in [-0.2, 0) is 35.6 Å².